The van der Waals surface area contributed by atoms with Crippen molar-refractivity contribution in [1.29, 1.82) is 0 Å². The molecule has 0 fully saturated rings. The van der Waals surface area contributed by atoms with E-state index in [2.05, 4.69) is 33.0 Å². The molecule has 0 unspecified atom stereocenters. The zero-order valence-corrected chi connectivity index (χ0v) is 19.8. The number of carbonyl (C=O) groups is 2. The van der Waals surface area contributed by atoms with E-state index in [1.54, 1.807) is 6.92 Å². The number of Topliss-reactive ketones (excluding diaryl/α,β-unsaturated/α-hetero) is 1. The van der Waals surface area contributed by atoms with E-state index >= 15 is 0 Å². The number of amides is 1. The molecule has 164 valence electrons. The summed E-state index contributed by atoms with van der Waals surface area (Å²) in [6, 6.07) is 0. The van der Waals surface area contributed by atoms with Crippen molar-refractivity contribution in [3.8, 4) is 0 Å². The van der Waals surface area contributed by atoms with E-state index in [9.17, 15) is 9.59 Å². The van der Waals surface area contributed by atoms with Crippen LogP contribution in [0.2, 0.25) is 0 Å². The summed E-state index contributed by atoms with van der Waals surface area (Å²) in [4.78, 5) is 23.2. The average Bonchev–Trinajstić information content (AvgIpc) is 2.52. The minimum Gasteiger partial charge on any atom is -0.396 e. The van der Waals surface area contributed by atoms with E-state index in [1.165, 1.54) is 0 Å². The number of ketones is 1. The van der Waals surface area contributed by atoms with E-state index in [1.807, 2.05) is 41.5 Å². The molecular formula is C22H47NO4. The van der Waals surface area contributed by atoms with Crippen LogP contribution >= 0.6 is 0 Å². The van der Waals surface area contributed by atoms with Gasteiger partial charge in [0.05, 0.1) is 6.61 Å². The molecule has 0 radical (unpaired) electrons. The molecule has 0 atom stereocenters. The van der Waals surface area contributed by atoms with Gasteiger partial charge in [0, 0.05) is 24.0 Å². The largest absolute Gasteiger partial charge is 0.396 e. The lowest BCUT2D eigenvalue weighted by molar-refractivity contribution is -0.134. The predicted molar refractivity (Wildman–Crippen MR) is 115 cm³/mol. The lowest BCUT2D eigenvalue weighted by Crippen LogP contribution is -2.42. The monoisotopic (exact) mass is 389 g/mol. The van der Waals surface area contributed by atoms with Gasteiger partial charge in [0.25, 0.3) is 0 Å². The number of carbonyl (C=O) groups excluding carboxylic acids is 2. The molecule has 0 aromatic rings. The Morgan fingerprint density at radius 1 is 0.852 bits per heavy atom. The Bertz CT molecular complexity index is 393. The Morgan fingerprint density at radius 2 is 1.22 bits per heavy atom. The quantitative estimate of drug-likeness (QED) is 0.584. The third kappa shape index (κ3) is 18.2. The van der Waals surface area contributed by atoms with Gasteiger partial charge in [-0.3, -0.25) is 9.59 Å². The number of hydrogen-bond acceptors (Lipinski definition) is 4. The van der Waals surface area contributed by atoms with Gasteiger partial charge in [-0.15, -0.1) is 0 Å². The van der Waals surface area contributed by atoms with Crippen LogP contribution < -0.4 is 5.32 Å². The summed E-state index contributed by atoms with van der Waals surface area (Å²) in [5.41, 5.74) is -1.11. The fourth-order valence-electron chi connectivity index (χ4n) is 1.72. The second-order valence-electron chi connectivity index (χ2n) is 9.54. The van der Waals surface area contributed by atoms with Crippen LogP contribution in [0, 0.1) is 28.6 Å². The van der Waals surface area contributed by atoms with Gasteiger partial charge in [-0.1, -0.05) is 69.2 Å². The van der Waals surface area contributed by atoms with Crippen molar-refractivity contribution in [2.24, 2.45) is 28.6 Å². The Kier molecular flexibility index (Phi) is 17.1. The van der Waals surface area contributed by atoms with Gasteiger partial charge in [0.1, 0.15) is 5.78 Å². The second-order valence-corrected chi connectivity index (χ2v) is 9.54. The highest BCUT2D eigenvalue weighted by molar-refractivity contribution is 5.85. The summed E-state index contributed by atoms with van der Waals surface area (Å²) >= 11 is 0. The number of rotatable bonds is 8. The van der Waals surface area contributed by atoms with E-state index in [0.29, 0.717) is 18.9 Å². The van der Waals surface area contributed by atoms with Gasteiger partial charge in [-0.25, -0.2) is 0 Å². The highest BCUT2D eigenvalue weighted by Gasteiger charge is 2.36. The molecule has 0 aliphatic heterocycles. The molecule has 1 amide bonds. The van der Waals surface area contributed by atoms with Gasteiger partial charge < -0.3 is 15.5 Å². The maximum atomic E-state index is 11.8. The lowest BCUT2D eigenvalue weighted by Gasteiger charge is -2.32. The number of nitrogens with one attached hydrogen (secondary N) is 1. The van der Waals surface area contributed by atoms with E-state index in [0.717, 1.165) is 11.8 Å². The Morgan fingerprint density at radius 3 is 1.44 bits per heavy atom. The van der Waals surface area contributed by atoms with Crippen LogP contribution in [0.15, 0.2) is 0 Å². The van der Waals surface area contributed by atoms with Gasteiger partial charge in [0.2, 0.25) is 5.91 Å². The third-order valence-corrected chi connectivity index (χ3v) is 4.55. The standard InChI is InChI=1S/C12H23NO3.C6H14.C4H10O/c1-9(15)11(2,3)8-12(4,5)10(16)13-6-7-14;1-5(2)6(3)4;1-4(2)3-5/h14H,6-8H2,1-5H3,(H,13,16);5-6H,1-4H3;4-5H,3H2,1-2H3. The number of aliphatic hydroxyl groups excluding tert-OH is 2. The summed E-state index contributed by atoms with van der Waals surface area (Å²) < 4.78 is 0. The fraction of sp³-hybridized carbons (Fsp3) is 0.909. The predicted octanol–water partition coefficient (Wildman–Crippen LogP) is 4.06. The molecule has 0 aliphatic carbocycles. The van der Waals surface area contributed by atoms with Crippen LogP contribution in [0.25, 0.3) is 0 Å². The maximum Gasteiger partial charge on any atom is 0.225 e. The Labute approximate surface area is 168 Å². The van der Waals surface area contributed by atoms with Crippen LogP contribution in [0.1, 0.15) is 82.6 Å². The minimum absolute atomic E-state index is 0.0715. The molecular weight excluding hydrogens is 342 g/mol. The molecule has 0 aromatic carbocycles. The summed E-state index contributed by atoms with van der Waals surface area (Å²) in [5, 5.41) is 19.4. The first-order chi connectivity index (χ1) is 12.0. The van der Waals surface area contributed by atoms with Crippen molar-refractivity contribution in [2.45, 2.75) is 82.6 Å². The van der Waals surface area contributed by atoms with Crippen molar-refractivity contribution < 1.29 is 19.8 Å². The molecule has 0 saturated heterocycles. The smallest absolute Gasteiger partial charge is 0.225 e. The SMILES string of the molecule is CC(=O)C(C)(C)CC(C)(C)C(=O)NCCO.CC(C)C(C)C.CC(C)CO. The van der Waals surface area contributed by atoms with Crippen LogP contribution in [0.3, 0.4) is 0 Å². The van der Waals surface area contributed by atoms with Crippen molar-refractivity contribution in [3.63, 3.8) is 0 Å². The molecule has 0 aliphatic rings. The summed E-state index contributed by atoms with van der Waals surface area (Å²) in [5.74, 6) is 2.09. The van der Waals surface area contributed by atoms with Crippen molar-refractivity contribution in [2.75, 3.05) is 19.8 Å². The fourth-order valence-corrected chi connectivity index (χ4v) is 1.72. The van der Waals surface area contributed by atoms with E-state index < -0.39 is 10.8 Å². The van der Waals surface area contributed by atoms with Crippen LogP contribution in [0.4, 0.5) is 0 Å². The average molecular weight is 390 g/mol. The van der Waals surface area contributed by atoms with Crippen LogP contribution in [0.5, 0.6) is 0 Å². The molecule has 0 heterocycles. The first-order valence-corrected chi connectivity index (χ1v) is 10.1. The molecule has 5 heteroatoms. The number of aliphatic hydroxyl groups is 2. The van der Waals surface area contributed by atoms with Crippen molar-refractivity contribution in [3.05, 3.63) is 0 Å². The first kappa shape index (κ1) is 30.8. The Balaban J connectivity index is -0.000000428. The maximum absolute atomic E-state index is 11.8. The molecule has 0 aromatic heterocycles. The lowest BCUT2D eigenvalue weighted by atomic mass is 9.72. The van der Waals surface area contributed by atoms with Crippen molar-refractivity contribution in [1.82, 2.24) is 5.32 Å². The van der Waals surface area contributed by atoms with Crippen LogP contribution in [-0.4, -0.2) is 41.7 Å². The van der Waals surface area contributed by atoms with E-state index in [4.69, 9.17) is 10.2 Å². The highest BCUT2D eigenvalue weighted by Crippen LogP contribution is 2.34. The van der Waals surface area contributed by atoms with Crippen molar-refractivity contribution >= 4 is 11.7 Å². The molecule has 5 nitrogen and oxygen atoms in total. The summed E-state index contributed by atoms with van der Waals surface area (Å²) in [6.45, 7) is 22.2. The third-order valence-electron chi connectivity index (χ3n) is 4.55. The Hall–Kier alpha value is -0.940. The molecule has 0 bridgehead atoms. The zero-order chi connectivity index (χ0) is 22.4. The molecule has 0 spiro atoms. The minimum atomic E-state index is -0.607. The van der Waals surface area contributed by atoms with E-state index in [-0.39, 0.29) is 24.8 Å². The van der Waals surface area contributed by atoms with Gasteiger partial charge in [-0.05, 0) is 31.1 Å². The summed E-state index contributed by atoms with van der Waals surface area (Å²) in [6.07, 6.45) is 0.493. The normalized spacial score (nSPS) is 11.6. The molecule has 3 N–H and O–H groups in total. The van der Waals surface area contributed by atoms with Gasteiger partial charge in [-0.2, -0.15) is 0 Å². The second kappa shape index (κ2) is 15.0. The molecule has 0 saturated carbocycles. The van der Waals surface area contributed by atoms with Gasteiger partial charge in [0.15, 0.2) is 0 Å². The topological polar surface area (TPSA) is 86.6 Å². The molecule has 27 heavy (non-hydrogen) atoms. The zero-order valence-electron chi connectivity index (χ0n) is 19.8. The number of hydrogen-bond donors (Lipinski definition) is 3. The summed E-state index contributed by atoms with van der Waals surface area (Å²) in [7, 11) is 0. The van der Waals surface area contributed by atoms with Gasteiger partial charge >= 0.3 is 0 Å². The highest BCUT2D eigenvalue weighted by atomic mass is 16.3. The molecule has 0 rings (SSSR count). The first-order valence-electron chi connectivity index (χ1n) is 10.1. The van der Waals surface area contributed by atoms with Crippen LogP contribution in [-0.2, 0) is 9.59 Å².